The van der Waals surface area contributed by atoms with Gasteiger partial charge in [-0.1, -0.05) is 49.5 Å². The quantitative estimate of drug-likeness (QED) is 0.154. The average Bonchev–Trinajstić information content (AvgIpc) is 3.74. The molecular formula is C40H40N8O4Si. The third-order valence-corrected chi connectivity index (χ3v) is 13.9. The van der Waals surface area contributed by atoms with Crippen molar-refractivity contribution in [3.05, 3.63) is 124 Å². The van der Waals surface area contributed by atoms with E-state index in [4.69, 9.17) is 15.2 Å². The van der Waals surface area contributed by atoms with Crippen molar-refractivity contribution in [1.82, 2.24) is 25.3 Å². The van der Waals surface area contributed by atoms with Crippen LogP contribution in [0.25, 0.3) is 11.2 Å². The fourth-order valence-corrected chi connectivity index (χ4v) is 10.7. The summed E-state index contributed by atoms with van der Waals surface area (Å²) in [6.45, 7) is 5.27. The van der Waals surface area contributed by atoms with Crippen LogP contribution in [0.1, 0.15) is 48.5 Å². The maximum Gasteiger partial charge on any atom is 0.340 e. The molecule has 0 unspecified atom stereocenters. The van der Waals surface area contributed by atoms with E-state index >= 15 is 0 Å². The highest BCUT2D eigenvalue weighted by Gasteiger charge is 2.56. The minimum atomic E-state index is -2.29. The molecule has 2 aliphatic heterocycles. The molecule has 53 heavy (non-hydrogen) atoms. The molecular weight excluding hydrogens is 685 g/mol. The lowest BCUT2D eigenvalue weighted by atomic mass is 9.78. The van der Waals surface area contributed by atoms with Gasteiger partial charge in [0.1, 0.15) is 20.2 Å². The smallest absolute Gasteiger partial charge is 0.340 e. The number of nitrogens with zero attached hydrogens (tertiary/aromatic N) is 5. The fourth-order valence-electron chi connectivity index (χ4n) is 7.48. The first-order valence-corrected chi connectivity index (χ1v) is 20.3. The van der Waals surface area contributed by atoms with Gasteiger partial charge < -0.3 is 35.3 Å². The SMILES string of the molecule is CN(C)c1ccc2c(c1)[Si](C)(C)c1cc(N(C)C)ccc1C21OC(=O)c2ccc(C(=O)NCc3ccc(COc4nc(N)nc5nc[nH]c45)cc3)cc21. The van der Waals surface area contributed by atoms with Crippen LogP contribution in [0.15, 0.2) is 85.2 Å². The average molecular weight is 725 g/mol. The number of hydrogen-bond donors (Lipinski definition) is 3. The van der Waals surface area contributed by atoms with Crippen molar-refractivity contribution in [1.29, 1.82) is 0 Å². The van der Waals surface area contributed by atoms with E-state index in [0.717, 1.165) is 33.6 Å². The maximum atomic E-state index is 13.8. The monoisotopic (exact) mass is 724 g/mol. The molecule has 0 atom stereocenters. The number of carbonyl (C=O) groups excluding carboxylic acids is 2. The Morgan fingerprint density at radius 2 is 1.51 bits per heavy atom. The van der Waals surface area contributed by atoms with Crippen LogP contribution in [0.3, 0.4) is 0 Å². The number of amides is 1. The molecule has 4 aromatic carbocycles. The summed E-state index contributed by atoms with van der Waals surface area (Å²) in [5.41, 5.74) is 13.1. The summed E-state index contributed by atoms with van der Waals surface area (Å²) in [6, 6.07) is 25.9. The molecule has 2 aromatic heterocycles. The van der Waals surface area contributed by atoms with Gasteiger partial charge in [-0.3, -0.25) is 4.79 Å². The van der Waals surface area contributed by atoms with Gasteiger partial charge in [0.25, 0.3) is 5.91 Å². The van der Waals surface area contributed by atoms with Gasteiger partial charge in [0.05, 0.1) is 11.9 Å². The van der Waals surface area contributed by atoms with Crippen LogP contribution in [-0.4, -0.2) is 68.1 Å². The molecule has 0 bridgehead atoms. The molecule has 0 fully saturated rings. The number of anilines is 3. The topological polar surface area (TPSA) is 152 Å². The van der Waals surface area contributed by atoms with Crippen molar-refractivity contribution >= 4 is 58.8 Å². The first-order valence-electron chi connectivity index (χ1n) is 17.3. The van der Waals surface area contributed by atoms with Crippen LogP contribution in [-0.2, 0) is 23.5 Å². The van der Waals surface area contributed by atoms with E-state index in [-0.39, 0.29) is 18.5 Å². The number of imidazole rings is 1. The normalized spacial score (nSPS) is 14.6. The number of fused-ring (bicyclic) bond motifs is 7. The molecule has 4 heterocycles. The van der Waals surface area contributed by atoms with Crippen LogP contribution in [0.2, 0.25) is 13.1 Å². The van der Waals surface area contributed by atoms with E-state index in [2.05, 4.69) is 84.5 Å². The van der Waals surface area contributed by atoms with Crippen molar-refractivity contribution in [2.75, 3.05) is 43.7 Å². The first-order chi connectivity index (χ1) is 25.4. The van der Waals surface area contributed by atoms with Crippen molar-refractivity contribution in [3.63, 3.8) is 0 Å². The summed E-state index contributed by atoms with van der Waals surface area (Å²) >= 11 is 0. The Morgan fingerprint density at radius 1 is 0.868 bits per heavy atom. The summed E-state index contributed by atoms with van der Waals surface area (Å²) in [4.78, 5) is 47.0. The standard InChI is InChI=1S/C40H40N8O4Si/c1-47(2)26-12-15-29-32(18-26)53(5,6)33-19-27(48(3)4)13-16-30(33)40(29)31-17-25(11-14-28(31)38(50)52-40)36(49)42-20-23-7-9-24(10-8-23)21-51-37-34-35(44-22-43-34)45-39(41)46-37/h7-19,22H,20-21H2,1-6H3,(H,42,49)(H3,41,43,44,45,46). The third-order valence-electron chi connectivity index (χ3n) is 10.4. The van der Waals surface area contributed by atoms with E-state index in [1.54, 1.807) is 12.1 Å². The molecule has 12 nitrogen and oxygen atoms in total. The van der Waals surface area contributed by atoms with E-state index in [1.165, 1.54) is 16.7 Å². The summed E-state index contributed by atoms with van der Waals surface area (Å²) in [7, 11) is 5.83. The number of ether oxygens (including phenoxy) is 2. The summed E-state index contributed by atoms with van der Waals surface area (Å²) in [5.74, 6) is -0.247. The zero-order valence-electron chi connectivity index (χ0n) is 30.4. The Hall–Kier alpha value is -6.21. The lowest BCUT2D eigenvalue weighted by Gasteiger charge is -2.44. The van der Waals surface area contributed by atoms with Gasteiger partial charge in [0, 0.05) is 68.4 Å². The number of hydrogen-bond acceptors (Lipinski definition) is 10. The molecule has 268 valence electrons. The van der Waals surface area contributed by atoms with E-state index in [0.29, 0.717) is 40.3 Å². The molecule has 0 aliphatic carbocycles. The third kappa shape index (κ3) is 5.55. The molecule has 13 heteroatoms. The number of aromatic amines is 1. The molecule has 4 N–H and O–H groups in total. The molecule has 8 rings (SSSR count). The van der Waals surface area contributed by atoms with E-state index in [1.807, 2.05) is 58.5 Å². The van der Waals surface area contributed by atoms with Gasteiger partial charge in [0.15, 0.2) is 11.2 Å². The molecule has 2 aliphatic rings. The van der Waals surface area contributed by atoms with E-state index < -0.39 is 19.6 Å². The van der Waals surface area contributed by atoms with Gasteiger partial charge in [-0.25, -0.2) is 9.78 Å². The molecule has 0 radical (unpaired) electrons. The minimum Gasteiger partial charge on any atom is -0.471 e. The molecule has 0 saturated heterocycles. The summed E-state index contributed by atoms with van der Waals surface area (Å²) in [5, 5.41) is 5.46. The number of aromatic nitrogens is 4. The van der Waals surface area contributed by atoms with Crippen LogP contribution < -0.4 is 36.0 Å². The van der Waals surface area contributed by atoms with Crippen LogP contribution in [0, 0.1) is 0 Å². The van der Waals surface area contributed by atoms with Crippen molar-refractivity contribution in [3.8, 4) is 5.88 Å². The number of nitrogen functional groups attached to an aromatic ring is 1. The second-order valence-corrected chi connectivity index (χ2v) is 18.8. The van der Waals surface area contributed by atoms with Gasteiger partial charge in [-0.05, 0) is 64.0 Å². The molecule has 0 saturated carbocycles. The highest BCUT2D eigenvalue weighted by molar-refractivity contribution is 7.01. The zero-order chi connectivity index (χ0) is 37.2. The first kappa shape index (κ1) is 33.9. The Morgan fingerprint density at radius 3 is 2.15 bits per heavy atom. The number of nitrogens with two attached hydrogens (primary N) is 1. The van der Waals surface area contributed by atoms with Gasteiger partial charge in [0.2, 0.25) is 11.8 Å². The predicted octanol–water partition coefficient (Wildman–Crippen LogP) is 4.17. The predicted molar refractivity (Wildman–Crippen MR) is 208 cm³/mol. The Balaban J connectivity index is 1.08. The van der Waals surface area contributed by atoms with Gasteiger partial charge in [-0.15, -0.1) is 0 Å². The number of rotatable bonds is 8. The van der Waals surface area contributed by atoms with Gasteiger partial charge in [-0.2, -0.15) is 9.97 Å². The number of benzene rings is 4. The second-order valence-electron chi connectivity index (χ2n) is 14.5. The highest BCUT2D eigenvalue weighted by Crippen LogP contribution is 2.49. The Bertz CT molecular complexity index is 2380. The maximum absolute atomic E-state index is 13.8. The fraction of sp³-hybridized carbons (Fsp3) is 0.225. The van der Waals surface area contributed by atoms with Crippen molar-refractivity contribution in [2.45, 2.75) is 31.8 Å². The Labute approximate surface area is 308 Å². The van der Waals surface area contributed by atoms with Gasteiger partial charge >= 0.3 is 5.97 Å². The summed E-state index contributed by atoms with van der Waals surface area (Å²) in [6.07, 6.45) is 1.51. The highest BCUT2D eigenvalue weighted by atomic mass is 28.3. The molecule has 6 aromatic rings. The Kier molecular flexibility index (Phi) is 7.98. The number of H-pyrrole nitrogens is 1. The minimum absolute atomic E-state index is 0.0829. The second kappa shape index (κ2) is 12.5. The van der Waals surface area contributed by atoms with E-state index in [9.17, 15) is 9.59 Å². The van der Waals surface area contributed by atoms with Crippen molar-refractivity contribution in [2.24, 2.45) is 0 Å². The lowest BCUT2D eigenvalue weighted by molar-refractivity contribution is 0.0255. The molecule has 1 spiro atoms. The number of carbonyl (C=O) groups is 2. The lowest BCUT2D eigenvalue weighted by Crippen LogP contribution is -2.63. The number of esters is 1. The van der Waals surface area contributed by atoms with Crippen LogP contribution in [0.5, 0.6) is 5.88 Å². The van der Waals surface area contributed by atoms with Crippen LogP contribution >= 0.6 is 0 Å². The van der Waals surface area contributed by atoms with Crippen molar-refractivity contribution < 1.29 is 19.1 Å². The largest absolute Gasteiger partial charge is 0.471 e. The molecule has 1 amide bonds. The van der Waals surface area contributed by atoms with Crippen LogP contribution in [0.4, 0.5) is 17.3 Å². The number of nitrogens with one attached hydrogen (secondary N) is 2. The summed E-state index contributed by atoms with van der Waals surface area (Å²) < 4.78 is 12.5. The zero-order valence-corrected chi connectivity index (χ0v) is 31.4.